The summed E-state index contributed by atoms with van der Waals surface area (Å²) in [5.74, 6) is 1.37. The van der Waals surface area contributed by atoms with Gasteiger partial charge in [-0.25, -0.2) is 0 Å². The molecule has 8 heteroatoms. The summed E-state index contributed by atoms with van der Waals surface area (Å²) in [5.41, 5.74) is 1.18. The number of carbonyl (C=O) groups excluding carboxylic acids is 1. The number of likely N-dealkylation sites (tertiary alicyclic amines) is 1. The Hall–Kier alpha value is -3.47. The monoisotopic (exact) mass is 362 g/mol. The van der Waals surface area contributed by atoms with Gasteiger partial charge in [0.15, 0.2) is 11.6 Å². The molecule has 1 fully saturated rings. The number of aromatic nitrogens is 4. The van der Waals surface area contributed by atoms with Crippen molar-refractivity contribution < 1.29 is 9.21 Å². The van der Waals surface area contributed by atoms with Crippen LogP contribution in [0.3, 0.4) is 0 Å². The zero-order chi connectivity index (χ0) is 18.8. The first kappa shape index (κ1) is 17.0. The molecule has 0 aliphatic carbocycles. The number of benzene rings is 1. The Kier molecular flexibility index (Phi) is 4.42. The molecule has 1 saturated heterocycles. The van der Waals surface area contributed by atoms with Crippen molar-refractivity contribution in [2.45, 2.75) is 32.2 Å². The van der Waals surface area contributed by atoms with Crippen LogP contribution in [0, 0.1) is 18.3 Å². The summed E-state index contributed by atoms with van der Waals surface area (Å²) in [4.78, 5) is 16.0. The van der Waals surface area contributed by atoms with Crippen LogP contribution in [0.1, 0.15) is 53.0 Å². The standard InChI is InChI=1S/C19H18N6O2/c1-13-8-9-17(27-13)19(26)24-10-3-2-7-16(24)18-21-23-25(22-18)15-6-4-5-14(11-15)12-20/h4-6,8-9,11,16H,2-3,7,10H2,1H3. The quantitative estimate of drug-likeness (QED) is 0.710. The summed E-state index contributed by atoms with van der Waals surface area (Å²) >= 11 is 0. The van der Waals surface area contributed by atoms with Crippen LogP contribution in [-0.2, 0) is 0 Å². The van der Waals surface area contributed by atoms with E-state index in [2.05, 4.69) is 21.5 Å². The van der Waals surface area contributed by atoms with E-state index >= 15 is 0 Å². The molecule has 3 aromatic rings. The van der Waals surface area contributed by atoms with E-state index in [4.69, 9.17) is 9.68 Å². The van der Waals surface area contributed by atoms with Crippen molar-refractivity contribution in [3.8, 4) is 11.8 Å². The first-order valence-corrected chi connectivity index (χ1v) is 8.83. The number of piperidine rings is 1. The van der Waals surface area contributed by atoms with Gasteiger partial charge in [0.05, 0.1) is 23.4 Å². The molecule has 8 nitrogen and oxygen atoms in total. The van der Waals surface area contributed by atoms with Gasteiger partial charge in [0.1, 0.15) is 5.76 Å². The van der Waals surface area contributed by atoms with Crippen molar-refractivity contribution in [3.05, 3.63) is 59.3 Å². The molecular weight excluding hydrogens is 344 g/mol. The summed E-state index contributed by atoms with van der Waals surface area (Å²) < 4.78 is 5.50. The van der Waals surface area contributed by atoms with Gasteiger partial charge in [0, 0.05) is 6.54 Å². The van der Waals surface area contributed by atoms with E-state index in [1.165, 1.54) is 4.80 Å². The molecular formula is C19H18N6O2. The number of nitriles is 1. The van der Waals surface area contributed by atoms with E-state index in [-0.39, 0.29) is 11.9 Å². The number of carbonyl (C=O) groups is 1. The highest BCUT2D eigenvalue weighted by Crippen LogP contribution is 2.30. The third-order valence-electron chi connectivity index (χ3n) is 4.65. The lowest BCUT2D eigenvalue weighted by atomic mass is 10.0. The molecule has 1 aliphatic rings. The average Bonchev–Trinajstić information content (AvgIpc) is 3.37. The van der Waals surface area contributed by atoms with Crippen molar-refractivity contribution in [2.75, 3.05) is 6.54 Å². The van der Waals surface area contributed by atoms with Crippen molar-refractivity contribution in [2.24, 2.45) is 0 Å². The van der Waals surface area contributed by atoms with Gasteiger partial charge in [-0.3, -0.25) is 4.79 Å². The molecule has 1 aromatic carbocycles. The molecule has 4 rings (SSSR count). The van der Waals surface area contributed by atoms with Gasteiger partial charge < -0.3 is 9.32 Å². The van der Waals surface area contributed by atoms with E-state index in [1.807, 2.05) is 13.0 Å². The van der Waals surface area contributed by atoms with Crippen LogP contribution in [0.2, 0.25) is 0 Å². The molecule has 0 saturated carbocycles. The molecule has 1 atom stereocenters. The second-order valence-electron chi connectivity index (χ2n) is 6.52. The Balaban J connectivity index is 1.62. The SMILES string of the molecule is Cc1ccc(C(=O)N2CCCCC2c2nnn(-c3cccc(C#N)c3)n2)o1. The molecule has 1 aliphatic heterocycles. The predicted molar refractivity (Wildman–Crippen MR) is 94.9 cm³/mol. The smallest absolute Gasteiger partial charge is 0.290 e. The Morgan fingerprint density at radius 2 is 2.19 bits per heavy atom. The fraction of sp³-hybridized carbons (Fsp3) is 0.316. The van der Waals surface area contributed by atoms with Crippen LogP contribution in [0.25, 0.3) is 5.69 Å². The van der Waals surface area contributed by atoms with Gasteiger partial charge >= 0.3 is 0 Å². The molecule has 0 spiro atoms. The minimum Gasteiger partial charge on any atom is -0.456 e. The van der Waals surface area contributed by atoms with Crippen LogP contribution in [-0.4, -0.2) is 37.6 Å². The number of aryl methyl sites for hydroxylation is 1. The second-order valence-corrected chi connectivity index (χ2v) is 6.52. The van der Waals surface area contributed by atoms with Gasteiger partial charge in [-0.15, -0.1) is 15.0 Å². The topological polar surface area (TPSA) is 101 Å². The van der Waals surface area contributed by atoms with E-state index in [0.29, 0.717) is 35.1 Å². The molecule has 0 bridgehead atoms. The van der Waals surface area contributed by atoms with Gasteiger partial charge in [0.2, 0.25) is 0 Å². The minimum absolute atomic E-state index is 0.157. The van der Waals surface area contributed by atoms with Crippen LogP contribution in [0.4, 0.5) is 0 Å². The highest BCUT2D eigenvalue weighted by molar-refractivity contribution is 5.91. The maximum Gasteiger partial charge on any atom is 0.290 e. The Labute approximate surface area is 156 Å². The Bertz CT molecular complexity index is 1020. The summed E-state index contributed by atoms with van der Waals surface area (Å²) in [5, 5.41) is 21.8. The lowest BCUT2D eigenvalue weighted by molar-refractivity contribution is 0.0566. The third kappa shape index (κ3) is 3.31. The lowest BCUT2D eigenvalue weighted by Crippen LogP contribution is -2.39. The first-order valence-electron chi connectivity index (χ1n) is 8.83. The number of amides is 1. The van der Waals surface area contributed by atoms with E-state index in [9.17, 15) is 4.79 Å². The molecule has 0 N–H and O–H groups in total. The van der Waals surface area contributed by atoms with Crippen molar-refractivity contribution >= 4 is 5.91 Å². The van der Waals surface area contributed by atoms with Crippen LogP contribution in [0.15, 0.2) is 40.8 Å². The first-order chi connectivity index (χ1) is 13.2. The fourth-order valence-corrected chi connectivity index (χ4v) is 3.30. The summed E-state index contributed by atoms with van der Waals surface area (Å²) in [6.07, 6.45) is 2.69. The second kappa shape index (κ2) is 7.03. The van der Waals surface area contributed by atoms with Gasteiger partial charge in [0.25, 0.3) is 5.91 Å². The van der Waals surface area contributed by atoms with Gasteiger partial charge in [-0.1, -0.05) is 6.07 Å². The molecule has 1 unspecified atom stereocenters. The predicted octanol–water partition coefficient (Wildman–Crippen LogP) is 2.80. The average molecular weight is 362 g/mol. The molecule has 2 aromatic heterocycles. The van der Waals surface area contributed by atoms with Crippen molar-refractivity contribution in [1.29, 1.82) is 5.26 Å². The number of rotatable bonds is 3. The highest BCUT2D eigenvalue weighted by Gasteiger charge is 2.33. The maximum atomic E-state index is 12.9. The lowest BCUT2D eigenvalue weighted by Gasteiger charge is -2.33. The van der Waals surface area contributed by atoms with Crippen molar-refractivity contribution in [1.82, 2.24) is 25.1 Å². The van der Waals surface area contributed by atoms with Crippen LogP contribution in [0.5, 0.6) is 0 Å². The maximum absolute atomic E-state index is 12.9. The normalized spacial score (nSPS) is 16.9. The number of tetrazole rings is 1. The molecule has 1 amide bonds. The zero-order valence-electron chi connectivity index (χ0n) is 14.9. The van der Waals surface area contributed by atoms with Crippen molar-refractivity contribution in [3.63, 3.8) is 0 Å². The summed E-state index contributed by atoms with van der Waals surface area (Å²) in [6.45, 7) is 2.44. The Morgan fingerprint density at radius 1 is 1.30 bits per heavy atom. The molecule has 0 radical (unpaired) electrons. The number of furan rings is 1. The number of nitrogens with zero attached hydrogens (tertiary/aromatic N) is 6. The van der Waals surface area contributed by atoms with Gasteiger partial charge in [-0.2, -0.15) is 5.26 Å². The van der Waals surface area contributed by atoms with Crippen LogP contribution < -0.4 is 0 Å². The van der Waals surface area contributed by atoms with E-state index in [0.717, 1.165) is 19.3 Å². The van der Waals surface area contributed by atoms with E-state index < -0.39 is 0 Å². The van der Waals surface area contributed by atoms with E-state index in [1.54, 1.807) is 35.2 Å². The molecule has 136 valence electrons. The number of hydrogen-bond acceptors (Lipinski definition) is 6. The summed E-state index contributed by atoms with van der Waals surface area (Å²) in [6, 6.07) is 12.3. The summed E-state index contributed by atoms with van der Waals surface area (Å²) in [7, 11) is 0. The highest BCUT2D eigenvalue weighted by atomic mass is 16.3. The Morgan fingerprint density at radius 3 is 2.96 bits per heavy atom. The molecule has 3 heterocycles. The largest absolute Gasteiger partial charge is 0.456 e. The fourth-order valence-electron chi connectivity index (χ4n) is 3.30. The minimum atomic E-state index is -0.246. The van der Waals surface area contributed by atoms with Gasteiger partial charge in [-0.05, 0) is 61.7 Å². The zero-order valence-corrected chi connectivity index (χ0v) is 14.9. The molecule has 27 heavy (non-hydrogen) atoms. The number of hydrogen-bond donors (Lipinski definition) is 0. The third-order valence-corrected chi connectivity index (χ3v) is 4.65. The van der Waals surface area contributed by atoms with Crippen LogP contribution >= 0.6 is 0 Å².